The molecule has 0 aromatic carbocycles. The molecule has 1 aliphatic carbocycles. The van der Waals surface area contributed by atoms with Gasteiger partial charge in [0, 0.05) is 18.6 Å². The van der Waals surface area contributed by atoms with E-state index in [1.54, 1.807) is 13.8 Å². The van der Waals surface area contributed by atoms with Crippen LogP contribution in [-0.4, -0.2) is 58.6 Å². The summed E-state index contributed by atoms with van der Waals surface area (Å²) in [6, 6.07) is 0.660. The third kappa shape index (κ3) is 5.80. The van der Waals surface area contributed by atoms with Crippen molar-refractivity contribution in [1.82, 2.24) is 9.80 Å². The van der Waals surface area contributed by atoms with E-state index in [0.29, 0.717) is 19.1 Å². The van der Waals surface area contributed by atoms with Crippen LogP contribution in [0.1, 0.15) is 59.8 Å². The van der Waals surface area contributed by atoms with Crippen LogP contribution in [0.25, 0.3) is 0 Å². The minimum absolute atomic E-state index is 0.193. The molecule has 1 aliphatic rings. The lowest BCUT2D eigenvalue weighted by atomic mass is 9.93. The van der Waals surface area contributed by atoms with Gasteiger partial charge >= 0.3 is 0 Å². The molecular formula is C16H32N2O2. The molecule has 20 heavy (non-hydrogen) atoms. The normalized spacial score (nSPS) is 17.8. The van der Waals surface area contributed by atoms with Crippen molar-refractivity contribution in [3.8, 4) is 0 Å². The monoisotopic (exact) mass is 284 g/mol. The number of hydrogen-bond acceptors (Lipinski definition) is 3. The van der Waals surface area contributed by atoms with Crippen LogP contribution in [0.4, 0.5) is 0 Å². The molecule has 0 aromatic rings. The van der Waals surface area contributed by atoms with Gasteiger partial charge in [0.05, 0.1) is 12.1 Å². The van der Waals surface area contributed by atoms with Crippen LogP contribution in [-0.2, 0) is 4.79 Å². The van der Waals surface area contributed by atoms with Gasteiger partial charge in [-0.15, -0.1) is 0 Å². The molecule has 0 saturated heterocycles. The maximum absolute atomic E-state index is 12.6. The van der Waals surface area contributed by atoms with Gasteiger partial charge in [0.25, 0.3) is 0 Å². The molecule has 0 bridgehead atoms. The Bertz CT molecular complexity index is 304. The molecule has 0 radical (unpaired) electrons. The highest BCUT2D eigenvalue weighted by Crippen LogP contribution is 2.24. The second-order valence-electron chi connectivity index (χ2n) is 7.17. The number of carbonyl (C=O) groups excluding carboxylic acids is 1. The summed E-state index contributed by atoms with van der Waals surface area (Å²) in [6.07, 6.45) is 6.05. The van der Waals surface area contributed by atoms with Crippen LogP contribution in [0.3, 0.4) is 0 Å². The lowest BCUT2D eigenvalue weighted by Crippen LogP contribution is -2.50. The van der Waals surface area contributed by atoms with Gasteiger partial charge in [0.1, 0.15) is 0 Å². The van der Waals surface area contributed by atoms with E-state index < -0.39 is 5.60 Å². The van der Waals surface area contributed by atoms with Crippen molar-refractivity contribution in [3.05, 3.63) is 0 Å². The van der Waals surface area contributed by atoms with Gasteiger partial charge in [-0.3, -0.25) is 9.69 Å². The van der Waals surface area contributed by atoms with Gasteiger partial charge in [0.2, 0.25) is 5.91 Å². The molecule has 0 unspecified atom stereocenters. The molecule has 0 heterocycles. The second-order valence-corrected chi connectivity index (χ2v) is 7.17. The highest BCUT2D eigenvalue weighted by molar-refractivity contribution is 5.79. The highest BCUT2D eigenvalue weighted by Gasteiger charge is 2.28. The van der Waals surface area contributed by atoms with Crippen molar-refractivity contribution in [1.29, 1.82) is 0 Å². The van der Waals surface area contributed by atoms with E-state index in [9.17, 15) is 9.90 Å². The first kappa shape index (κ1) is 17.4. The third-order valence-electron chi connectivity index (χ3n) is 3.87. The van der Waals surface area contributed by atoms with Crippen molar-refractivity contribution in [2.45, 2.75) is 77.5 Å². The summed E-state index contributed by atoms with van der Waals surface area (Å²) >= 11 is 0. The first-order valence-electron chi connectivity index (χ1n) is 7.93. The molecule has 0 aromatic heterocycles. The van der Waals surface area contributed by atoms with E-state index in [-0.39, 0.29) is 11.9 Å². The van der Waals surface area contributed by atoms with Gasteiger partial charge in [-0.25, -0.2) is 0 Å². The second kappa shape index (κ2) is 7.41. The smallest absolute Gasteiger partial charge is 0.237 e. The van der Waals surface area contributed by atoms with Crippen LogP contribution < -0.4 is 0 Å². The van der Waals surface area contributed by atoms with Crippen LogP contribution in [0.15, 0.2) is 0 Å². The van der Waals surface area contributed by atoms with Crippen molar-refractivity contribution in [3.63, 3.8) is 0 Å². The summed E-state index contributed by atoms with van der Waals surface area (Å²) in [6.45, 7) is 8.64. The maximum atomic E-state index is 12.6. The summed E-state index contributed by atoms with van der Waals surface area (Å²) in [7, 11) is 1.90. The largest absolute Gasteiger partial charge is 0.389 e. The van der Waals surface area contributed by atoms with E-state index in [2.05, 4.69) is 18.7 Å². The zero-order valence-electron chi connectivity index (χ0n) is 13.9. The summed E-state index contributed by atoms with van der Waals surface area (Å²) in [5.74, 6) is 0.193. The molecule has 1 N–H and O–H groups in total. The Balaban J connectivity index is 2.60. The number of hydrogen-bond donors (Lipinski definition) is 1. The van der Waals surface area contributed by atoms with E-state index in [4.69, 9.17) is 0 Å². The molecule has 1 amide bonds. The average Bonchev–Trinajstić information content (AvgIpc) is 2.26. The fourth-order valence-electron chi connectivity index (χ4n) is 3.30. The van der Waals surface area contributed by atoms with Gasteiger partial charge < -0.3 is 10.0 Å². The fourth-order valence-corrected chi connectivity index (χ4v) is 3.30. The van der Waals surface area contributed by atoms with Crippen molar-refractivity contribution in [2.24, 2.45) is 0 Å². The van der Waals surface area contributed by atoms with Crippen LogP contribution in [0, 0.1) is 0 Å². The molecule has 1 fully saturated rings. The Hall–Kier alpha value is -0.610. The lowest BCUT2D eigenvalue weighted by molar-refractivity contribution is -0.137. The van der Waals surface area contributed by atoms with Gasteiger partial charge in [0.15, 0.2) is 0 Å². The molecule has 1 saturated carbocycles. The molecule has 4 nitrogen and oxygen atoms in total. The average molecular weight is 284 g/mol. The van der Waals surface area contributed by atoms with Gasteiger partial charge in [-0.2, -0.15) is 0 Å². The van der Waals surface area contributed by atoms with E-state index in [0.717, 1.165) is 12.8 Å². The number of aliphatic hydroxyl groups is 1. The van der Waals surface area contributed by atoms with Crippen molar-refractivity contribution < 1.29 is 9.90 Å². The topological polar surface area (TPSA) is 43.8 Å². The molecule has 118 valence electrons. The van der Waals surface area contributed by atoms with Crippen LogP contribution >= 0.6 is 0 Å². The molecule has 0 aliphatic heterocycles. The van der Waals surface area contributed by atoms with E-state index in [1.165, 1.54) is 19.3 Å². The Morgan fingerprint density at radius 3 is 2.25 bits per heavy atom. The Morgan fingerprint density at radius 2 is 1.80 bits per heavy atom. The van der Waals surface area contributed by atoms with Crippen molar-refractivity contribution in [2.75, 3.05) is 20.1 Å². The maximum Gasteiger partial charge on any atom is 0.237 e. The number of carbonyl (C=O) groups is 1. The van der Waals surface area contributed by atoms with Gasteiger partial charge in [-0.1, -0.05) is 19.3 Å². The quantitative estimate of drug-likeness (QED) is 0.813. The first-order valence-corrected chi connectivity index (χ1v) is 7.93. The lowest BCUT2D eigenvalue weighted by Gasteiger charge is -2.38. The van der Waals surface area contributed by atoms with E-state index >= 15 is 0 Å². The summed E-state index contributed by atoms with van der Waals surface area (Å²) in [4.78, 5) is 16.6. The standard InChI is InChI=1S/C16H32N2O2/c1-13(2)18(14-9-7-6-8-10-14)15(19)11-17(5)12-16(3,4)20/h13-14,20H,6-12H2,1-5H3. The first-order chi connectivity index (χ1) is 9.20. The predicted molar refractivity (Wildman–Crippen MR) is 82.6 cm³/mol. The van der Waals surface area contributed by atoms with E-state index in [1.807, 2.05) is 11.9 Å². The Morgan fingerprint density at radius 1 is 1.25 bits per heavy atom. The van der Waals surface area contributed by atoms with Crippen LogP contribution in [0.5, 0.6) is 0 Å². The molecule has 0 atom stereocenters. The summed E-state index contributed by atoms with van der Waals surface area (Å²) in [5.41, 5.74) is -0.761. The zero-order chi connectivity index (χ0) is 15.3. The van der Waals surface area contributed by atoms with Crippen LogP contribution in [0.2, 0.25) is 0 Å². The predicted octanol–water partition coefficient (Wildman–Crippen LogP) is 2.26. The number of nitrogens with zero attached hydrogens (tertiary/aromatic N) is 2. The summed E-state index contributed by atoms with van der Waals surface area (Å²) in [5, 5.41) is 9.83. The number of amides is 1. The number of likely N-dealkylation sites (N-methyl/N-ethyl adjacent to an activating group) is 1. The minimum Gasteiger partial charge on any atom is -0.389 e. The zero-order valence-corrected chi connectivity index (χ0v) is 13.9. The fraction of sp³-hybridized carbons (Fsp3) is 0.938. The van der Waals surface area contributed by atoms with Crippen molar-refractivity contribution >= 4 is 5.91 Å². The van der Waals surface area contributed by atoms with Gasteiger partial charge in [-0.05, 0) is 47.6 Å². The highest BCUT2D eigenvalue weighted by atomic mass is 16.3. The Labute approximate surface area is 124 Å². The molecular weight excluding hydrogens is 252 g/mol. The molecule has 0 spiro atoms. The Kier molecular flexibility index (Phi) is 6.46. The SMILES string of the molecule is CC(C)N(C(=O)CN(C)CC(C)(C)O)C1CCCCC1. The molecule has 4 heteroatoms. The minimum atomic E-state index is -0.761. The number of rotatable bonds is 6. The molecule has 1 rings (SSSR count). The third-order valence-corrected chi connectivity index (χ3v) is 3.87. The summed E-state index contributed by atoms with van der Waals surface area (Å²) < 4.78 is 0.